The molecule has 17 heavy (non-hydrogen) atoms. The van der Waals surface area contributed by atoms with Crippen molar-refractivity contribution in [3.8, 4) is 0 Å². The largest absolute Gasteiger partial charge is 0.481 e. The van der Waals surface area contributed by atoms with Crippen LogP contribution in [0.4, 0.5) is 4.39 Å². The molecule has 0 saturated carbocycles. The Balaban J connectivity index is 2.18. The lowest BCUT2D eigenvalue weighted by Crippen LogP contribution is -2.43. The first kappa shape index (κ1) is 11.6. The van der Waals surface area contributed by atoms with Gasteiger partial charge in [0.2, 0.25) is 5.91 Å². The van der Waals surface area contributed by atoms with Crippen molar-refractivity contribution in [1.82, 2.24) is 5.32 Å². The van der Waals surface area contributed by atoms with E-state index < -0.39 is 17.8 Å². The van der Waals surface area contributed by atoms with E-state index in [0.29, 0.717) is 6.54 Å². The van der Waals surface area contributed by atoms with E-state index in [0.717, 1.165) is 5.56 Å². The minimum atomic E-state index is -1.14. The van der Waals surface area contributed by atoms with E-state index in [1.165, 1.54) is 12.1 Å². The van der Waals surface area contributed by atoms with E-state index in [-0.39, 0.29) is 18.2 Å². The number of halogens is 1. The van der Waals surface area contributed by atoms with Crippen LogP contribution < -0.4 is 5.32 Å². The summed E-state index contributed by atoms with van der Waals surface area (Å²) in [5.74, 6) is -3.15. The van der Waals surface area contributed by atoms with Crippen LogP contribution in [-0.2, 0) is 9.59 Å². The Hall–Kier alpha value is -1.91. The molecule has 1 heterocycles. The fraction of sp³-hybridized carbons (Fsp3) is 0.333. The fourth-order valence-corrected chi connectivity index (χ4v) is 2.05. The highest BCUT2D eigenvalue weighted by Crippen LogP contribution is 2.27. The molecule has 0 aromatic heterocycles. The molecular weight excluding hydrogens is 225 g/mol. The molecule has 1 aromatic carbocycles. The van der Waals surface area contributed by atoms with E-state index in [4.69, 9.17) is 5.11 Å². The van der Waals surface area contributed by atoms with Gasteiger partial charge in [0, 0.05) is 12.5 Å². The zero-order valence-corrected chi connectivity index (χ0v) is 9.02. The lowest BCUT2D eigenvalue weighted by atomic mass is 9.85. The number of amides is 1. The molecule has 2 N–H and O–H groups in total. The number of carboxylic acid groups (broad SMARTS) is 1. The fourth-order valence-electron chi connectivity index (χ4n) is 2.05. The van der Waals surface area contributed by atoms with Gasteiger partial charge in [0.25, 0.3) is 0 Å². The maximum Gasteiger partial charge on any atom is 0.316 e. The van der Waals surface area contributed by atoms with Crippen molar-refractivity contribution in [1.29, 1.82) is 0 Å². The highest BCUT2D eigenvalue weighted by molar-refractivity contribution is 5.97. The maximum absolute atomic E-state index is 13.1. The molecule has 1 fully saturated rings. The lowest BCUT2D eigenvalue weighted by Gasteiger charge is -2.27. The first-order valence-electron chi connectivity index (χ1n) is 5.34. The molecule has 0 radical (unpaired) electrons. The number of hydrogen-bond acceptors (Lipinski definition) is 2. The molecule has 1 aliphatic rings. The zero-order chi connectivity index (χ0) is 12.4. The van der Waals surface area contributed by atoms with Crippen LogP contribution in [0.2, 0.25) is 0 Å². The molecule has 1 aromatic rings. The summed E-state index contributed by atoms with van der Waals surface area (Å²) in [5, 5.41) is 11.4. The van der Waals surface area contributed by atoms with E-state index in [1.807, 2.05) is 0 Å². The number of nitrogens with one attached hydrogen (secondary N) is 1. The van der Waals surface area contributed by atoms with Crippen LogP contribution in [0.3, 0.4) is 0 Å². The Bertz CT molecular complexity index is 461. The maximum atomic E-state index is 13.1. The first-order valence-corrected chi connectivity index (χ1v) is 5.34. The van der Waals surface area contributed by atoms with Gasteiger partial charge in [-0.05, 0) is 24.1 Å². The van der Waals surface area contributed by atoms with Crippen molar-refractivity contribution in [3.05, 3.63) is 35.6 Å². The molecule has 2 atom stereocenters. The SMILES string of the molecule is O=C(O)[C@H]1C[C@@H](c2cccc(F)c2)CNC1=O. The number of carbonyl (C=O) groups is 2. The Kier molecular flexibility index (Phi) is 3.08. The highest BCUT2D eigenvalue weighted by Gasteiger charge is 2.34. The average Bonchev–Trinajstić information content (AvgIpc) is 2.29. The minimum Gasteiger partial charge on any atom is -0.481 e. The first-order chi connectivity index (χ1) is 8.08. The third-order valence-electron chi connectivity index (χ3n) is 2.98. The van der Waals surface area contributed by atoms with Crippen molar-refractivity contribution in [3.63, 3.8) is 0 Å². The third-order valence-corrected chi connectivity index (χ3v) is 2.98. The van der Waals surface area contributed by atoms with Gasteiger partial charge >= 0.3 is 5.97 Å². The molecule has 0 spiro atoms. The molecule has 1 aliphatic heterocycles. The lowest BCUT2D eigenvalue weighted by molar-refractivity contribution is -0.148. The van der Waals surface area contributed by atoms with E-state index >= 15 is 0 Å². The summed E-state index contributed by atoms with van der Waals surface area (Å²) in [6.45, 7) is 0.353. The van der Waals surface area contributed by atoms with Gasteiger partial charge in [-0.25, -0.2) is 4.39 Å². The van der Waals surface area contributed by atoms with Crippen molar-refractivity contribution in [2.24, 2.45) is 5.92 Å². The molecule has 0 aliphatic carbocycles. The summed E-state index contributed by atoms with van der Waals surface area (Å²) >= 11 is 0. The van der Waals surface area contributed by atoms with Crippen molar-refractivity contribution >= 4 is 11.9 Å². The smallest absolute Gasteiger partial charge is 0.316 e. The van der Waals surface area contributed by atoms with Crippen LogP contribution in [0.1, 0.15) is 17.9 Å². The Morgan fingerprint density at radius 3 is 2.88 bits per heavy atom. The van der Waals surface area contributed by atoms with Gasteiger partial charge in [-0.2, -0.15) is 0 Å². The number of carbonyl (C=O) groups excluding carboxylic acids is 1. The number of aliphatic carboxylic acids is 1. The van der Waals surface area contributed by atoms with Gasteiger partial charge in [0.05, 0.1) is 0 Å². The normalized spacial score (nSPS) is 24.2. The molecule has 0 unspecified atom stereocenters. The predicted octanol–water partition coefficient (Wildman–Crippen LogP) is 1.13. The number of carboxylic acids is 1. The van der Waals surface area contributed by atoms with E-state index in [9.17, 15) is 14.0 Å². The van der Waals surface area contributed by atoms with Crippen LogP contribution in [0.5, 0.6) is 0 Å². The van der Waals surface area contributed by atoms with E-state index in [2.05, 4.69) is 5.32 Å². The van der Waals surface area contributed by atoms with Gasteiger partial charge in [-0.1, -0.05) is 12.1 Å². The number of rotatable bonds is 2. The monoisotopic (exact) mass is 237 g/mol. The molecule has 0 bridgehead atoms. The second-order valence-corrected chi connectivity index (χ2v) is 4.12. The Labute approximate surface area is 97.4 Å². The summed E-state index contributed by atoms with van der Waals surface area (Å²) in [4.78, 5) is 22.2. The molecule has 1 amide bonds. The van der Waals surface area contributed by atoms with Crippen LogP contribution in [-0.4, -0.2) is 23.5 Å². The van der Waals surface area contributed by atoms with Crippen LogP contribution in [0.25, 0.3) is 0 Å². The van der Waals surface area contributed by atoms with E-state index in [1.54, 1.807) is 12.1 Å². The molecule has 90 valence electrons. The van der Waals surface area contributed by atoms with Crippen molar-refractivity contribution in [2.75, 3.05) is 6.54 Å². The summed E-state index contributed by atoms with van der Waals surface area (Å²) < 4.78 is 13.1. The Morgan fingerprint density at radius 1 is 1.47 bits per heavy atom. The quantitative estimate of drug-likeness (QED) is 0.758. The topological polar surface area (TPSA) is 66.4 Å². The van der Waals surface area contributed by atoms with Gasteiger partial charge in [0.1, 0.15) is 11.7 Å². The number of hydrogen-bond donors (Lipinski definition) is 2. The zero-order valence-electron chi connectivity index (χ0n) is 9.02. The average molecular weight is 237 g/mol. The molecule has 4 nitrogen and oxygen atoms in total. The number of piperidine rings is 1. The second kappa shape index (κ2) is 4.53. The molecule has 5 heteroatoms. The summed E-state index contributed by atoms with van der Waals surface area (Å²) in [7, 11) is 0. The Morgan fingerprint density at radius 2 is 2.24 bits per heavy atom. The summed E-state index contributed by atoms with van der Waals surface area (Å²) in [5.41, 5.74) is 0.719. The highest BCUT2D eigenvalue weighted by atomic mass is 19.1. The molecule has 1 saturated heterocycles. The summed E-state index contributed by atoms with van der Waals surface area (Å²) in [6, 6.07) is 6.03. The van der Waals surface area contributed by atoms with Gasteiger partial charge < -0.3 is 10.4 Å². The van der Waals surface area contributed by atoms with Crippen LogP contribution in [0.15, 0.2) is 24.3 Å². The third kappa shape index (κ3) is 2.43. The van der Waals surface area contributed by atoms with Crippen LogP contribution in [0, 0.1) is 11.7 Å². The molecule has 2 rings (SSSR count). The van der Waals surface area contributed by atoms with Crippen molar-refractivity contribution < 1.29 is 19.1 Å². The number of benzene rings is 1. The standard InChI is InChI=1S/C12H12FNO3/c13-9-3-1-2-7(4-9)8-5-10(12(16)17)11(15)14-6-8/h1-4,8,10H,5-6H2,(H,14,15)(H,16,17)/t8-,10+/m1/s1. The van der Waals surface area contributed by atoms with Gasteiger partial charge in [-0.3, -0.25) is 9.59 Å². The minimum absolute atomic E-state index is 0.149. The second-order valence-electron chi connectivity index (χ2n) is 4.12. The van der Waals surface area contributed by atoms with Gasteiger partial charge in [-0.15, -0.1) is 0 Å². The predicted molar refractivity (Wildman–Crippen MR) is 57.9 cm³/mol. The summed E-state index contributed by atoms with van der Waals surface area (Å²) in [6.07, 6.45) is 0.213. The van der Waals surface area contributed by atoms with Crippen molar-refractivity contribution in [2.45, 2.75) is 12.3 Å². The van der Waals surface area contributed by atoms with Crippen LogP contribution >= 0.6 is 0 Å². The van der Waals surface area contributed by atoms with Gasteiger partial charge in [0.15, 0.2) is 0 Å². The molecular formula is C12H12FNO3.